The van der Waals surface area contributed by atoms with Gasteiger partial charge in [-0.3, -0.25) is 4.68 Å². The molecule has 3 aromatic rings. The Hall–Kier alpha value is -2.89. The highest BCUT2D eigenvalue weighted by Gasteiger charge is 2.29. The zero-order valence-electron chi connectivity index (χ0n) is 12.5. The van der Waals surface area contributed by atoms with Crippen LogP contribution in [0.15, 0.2) is 31.0 Å². The van der Waals surface area contributed by atoms with Crippen molar-refractivity contribution in [3.63, 3.8) is 0 Å². The Morgan fingerprint density at radius 3 is 2.92 bits per heavy atom. The van der Waals surface area contributed by atoms with Crippen LogP contribution in [0.5, 0.6) is 0 Å². The molecule has 6 nitrogen and oxygen atoms in total. The molecule has 0 spiro atoms. The summed E-state index contributed by atoms with van der Waals surface area (Å²) in [6.45, 7) is 0. The first-order valence-electron chi connectivity index (χ1n) is 7.24. The fourth-order valence-electron chi connectivity index (χ4n) is 2.53. The van der Waals surface area contributed by atoms with Gasteiger partial charge in [0.25, 0.3) is 0 Å². The summed E-state index contributed by atoms with van der Waals surface area (Å²) in [5.41, 5.74) is 1.97. The average Bonchev–Trinajstić information content (AvgIpc) is 3.19. The molecule has 0 unspecified atom stereocenters. The number of nitrogens with zero attached hydrogens (tertiary/aromatic N) is 5. The lowest BCUT2D eigenvalue weighted by molar-refractivity contribution is -0.137. The van der Waals surface area contributed by atoms with Gasteiger partial charge in [0.1, 0.15) is 12.0 Å². The Morgan fingerprint density at radius 1 is 1.33 bits per heavy atom. The summed E-state index contributed by atoms with van der Waals surface area (Å²) in [5, 5.41) is 13.8. The Morgan fingerprint density at radius 2 is 2.17 bits per heavy atom. The molecule has 0 fully saturated rings. The third kappa shape index (κ3) is 3.37. The van der Waals surface area contributed by atoms with Gasteiger partial charge >= 0.3 is 6.18 Å². The summed E-state index contributed by atoms with van der Waals surface area (Å²) in [7, 11) is 0. The van der Waals surface area contributed by atoms with E-state index in [9.17, 15) is 13.2 Å². The average molecular weight is 334 g/mol. The van der Waals surface area contributed by atoms with Crippen molar-refractivity contribution in [1.82, 2.24) is 24.7 Å². The van der Waals surface area contributed by atoms with Gasteiger partial charge in [0, 0.05) is 29.8 Å². The number of nitrogens with one attached hydrogen (secondary N) is 1. The number of hydrogen-bond donors (Lipinski definition) is 1. The van der Waals surface area contributed by atoms with Crippen LogP contribution < -0.4 is 0 Å². The van der Waals surface area contributed by atoms with Crippen LogP contribution in [0.25, 0.3) is 22.3 Å². The molecule has 0 radical (unpaired) electrons. The van der Waals surface area contributed by atoms with Crippen molar-refractivity contribution in [2.75, 3.05) is 0 Å². The van der Waals surface area contributed by atoms with Crippen LogP contribution in [0.2, 0.25) is 0 Å². The second-order valence-electron chi connectivity index (χ2n) is 5.34. The van der Waals surface area contributed by atoms with Gasteiger partial charge < -0.3 is 4.98 Å². The third-order valence-corrected chi connectivity index (χ3v) is 3.69. The van der Waals surface area contributed by atoms with Gasteiger partial charge in [-0.05, 0) is 12.5 Å². The predicted octanol–water partition coefficient (Wildman–Crippen LogP) is 3.62. The van der Waals surface area contributed by atoms with E-state index in [1.165, 1.54) is 17.2 Å². The van der Waals surface area contributed by atoms with Gasteiger partial charge in [-0.15, -0.1) is 0 Å². The minimum atomic E-state index is -4.26. The van der Waals surface area contributed by atoms with E-state index in [2.05, 4.69) is 20.1 Å². The number of H-pyrrole nitrogens is 1. The van der Waals surface area contributed by atoms with Crippen LogP contribution in [-0.2, 0) is 0 Å². The van der Waals surface area contributed by atoms with Gasteiger partial charge in [-0.1, -0.05) is 0 Å². The standard InChI is InChI=1S/C15H13F3N6/c16-15(17,18)4-1-11(2-5-19)24-8-10(7-23-24)13-12-3-6-20-14(12)22-9-21-13/h3,6-9,11H,1-2,4H2,(H,20,21,22)/t11-/m0/s1. The van der Waals surface area contributed by atoms with E-state index in [-0.39, 0.29) is 12.8 Å². The highest BCUT2D eigenvalue weighted by atomic mass is 19.4. The molecular formula is C15H13F3N6. The van der Waals surface area contributed by atoms with Gasteiger partial charge in [0.15, 0.2) is 0 Å². The molecule has 0 bridgehead atoms. The SMILES string of the molecule is N#CC[C@H](CCC(F)(F)F)n1cc(-c2ncnc3[nH]ccc23)cn1. The van der Waals surface area contributed by atoms with Gasteiger partial charge in [-0.25, -0.2) is 9.97 Å². The van der Waals surface area contributed by atoms with E-state index in [1.54, 1.807) is 12.4 Å². The molecule has 0 aliphatic carbocycles. The number of fused-ring (bicyclic) bond motifs is 1. The minimum Gasteiger partial charge on any atom is -0.346 e. The Balaban J connectivity index is 1.88. The molecular weight excluding hydrogens is 321 g/mol. The first-order chi connectivity index (χ1) is 11.5. The van der Waals surface area contributed by atoms with Crippen molar-refractivity contribution in [2.45, 2.75) is 31.5 Å². The molecule has 3 aromatic heterocycles. The molecule has 3 heterocycles. The molecule has 1 atom stereocenters. The minimum absolute atomic E-state index is 0.0411. The molecule has 24 heavy (non-hydrogen) atoms. The van der Waals surface area contributed by atoms with Crippen LogP contribution in [0.3, 0.4) is 0 Å². The van der Waals surface area contributed by atoms with Crippen LogP contribution >= 0.6 is 0 Å². The summed E-state index contributed by atoms with van der Waals surface area (Å²) in [4.78, 5) is 11.3. The van der Waals surface area contributed by atoms with E-state index >= 15 is 0 Å². The summed E-state index contributed by atoms with van der Waals surface area (Å²) in [6.07, 6.45) is 0.844. The van der Waals surface area contributed by atoms with E-state index in [1.807, 2.05) is 12.1 Å². The number of aromatic nitrogens is 5. The van der Waals surface area contributed by atoms with E-state index < -0.39 is 18.6 Å². The molecule has 9 heteroatoms. The molecule has 0 aliphatic heterocycles. The molecule has 0 aliphatic rings. The van der Waals surface area contributed by atoms with Gasteiger partial charge in [0.2, 0.25) is 0 Å². The van der Waals surface area contributed by atoms with Gasteiger partial charge in [-0.2, -0.15) is 23.5 Å². The third-order valence-electron chi connectivity index (χ3n) is 3.69. The van der Waals surface area contributed by atoms with Crippen LogP contribution in [-0.4, -0.2) is 30.9 Å². The number of halogens is 3. The Labute approximate surface area is 135 Å². The monoisotopic (exact) mass is 334 g/mol. The van der Waals surface area contributed by atoms with Crippen molar-refractivity contribution in [3.8, 4) is 17.3 Å². The number of aromatic amines is 1. The maximum Gasteiger partial charge on any atom is 0.389 e. The summed E-state index contributed by atoms with van der Waals surface area (Å²) in [5.74, 6) is 0. The lowest BCUT2D eigenvalue weighted by Gasteiger charge is -2.15. The molecule has 124 valence electrons. The molecule has 0 saturated carbocycles. The molecule has 0 amide bonds. The number of alkyl halides is 3. The Bertz CT molecular complexity index is 873. The van der Waals surface area contributed by atoms with Crippen LogP contribution in [0.1, 0.15) is 25.3 Å². The Kier molecular flexibility index (Phi) is 4.20. The quantitative estimate of drug-likeness (QED) is 0.772. The molecule has 0 aromatic carbocycles. The molecule has 0 saturated heterocycles. The first-order valence-corrected chi connectivity index (χ1v) is 7.24. The second-order valence-corrected chi connectivity index (χ2v) is 5.34. The van der Waals surface area contributed by atoms with E-state index in [0.29, 0.717) is 16.9 Å². The van der Waals surface area contributed by atoms with Gasteiger partial charge in [0.05, 0.1) is 30.4 Å². The topological polar surface area (TPSA) is 83.2 Å². The fourth-order valence-corrected chi connectivity index (χ4v) is 2.53. The summed E-state index contributed by atoms with van der Waals surface area (Å²) >= 11 is 0. The van der Waals surface area contributed by atoms with E-state index in [4.69, 9.17) is 5.26 Å². The molecule has 3 rings (SSSR count). The van der Waals surface area contributed by atoms with Crippen molar-refractivity contribution < 1.29 is 13.2 Å². The lowest BCUT2D eigenvalue weighted by atomic mass is 10.1. The van der Waals surface area contributed by atoms with Crippen LogP contribution in [0.4, 0.5) is 13.2 Å². The highest BCUT2D eigenvalue weighted by molar-refractivity contribution is 5.89. The zero-order valence-corrected chi connectivity index (χ0v) is 12.5. The number of nitriles is 1. The first kappa shape index (κ1) is 16.0. The summed E-state index contributed by atoms with van der Waals surface area (Å²) in [6, 6.07) is 3.11. The normalized spacial score (nSPS) is 13.1. The zero-order chi connectivity index (χ0) is 17.2. The second kappa shape index (κ2) is 6.31. The lowest BCUT2D eigenvalue weighted by Crippen LogP contribution is -2.14. The van der Waals surface area contributed by atoms with Crippen molar-refractivity contribution >= 4 is 11.0 Å². The highest BCUT2D eigenvalue weighted by Crippen LogP contribution is 2.29. The maximum absolute atomic E-state index is 12.4. The van der Waals surface area contributed by atoms with Crippen molar-refractivity contribution in [2.24, 2.45) is 0 Å². The van der Waals surface area contributed by atoms with Crippen LogP contribution in [0, 0.1) is 11.3 Å². The molecule has 1 N–H and O–H groups in total. The maximum atomic E-state index is 12.4. The number of rotatable bonds is 5. The predicted molar refractivity (Wildman–Crippen MR) is 79.7 cm³/mol. The smallest absolute Gasteiger partial charge is 0.346 e. The number of hydrogen-bond acceptors (Lipinski definition) is 4. The van der Waals surface area contributed by atoms with E-state index in [0.717, 1.165) is 5.39 Å². The fraction of sp³-hybridized carbons (Fsp3) is 0.333. The van der Waals surface area contributed by atoms with Crippen molar-refractivity contribution in [3.05, 3.63) is 31.0 Å². The largest absolute Gasteiger partial charge is 0.389 e. The van der Waals surface area contributed by atoms with Crippen molar-refractivity contribution in [1.29, 1.82) is 5.26 Å². The summed E-state index contributed by atoms with van der Waals surface area (Å²) < 4.78 is 38.8.